The average Bonchev–Trinajstić information content (AvgIpc) is 2.58. The second-order valence-electron chi connectivity index (χ2n) is 5.58. The highest BCUT2D eigenvalue weighted by Crippen LogP contribution is 2.33. The Morgan fingerprint density at radius 3 is 2.23 bits per heavy atom. The lowest BCUT2D eigenvalue weighted by Gasteiger charge is -2.12. The molecule has 2 N–H and O–H groups in total. The third kappa shape index (κ3) is 5.53. The number of carbonyl (C=O) groups is 2. The summed E-state index contributed by atoms with van der Waals surface area (Å²) in [5, 5.41) is 6.05. The molecule has 0 radical (unpaired) electrons. The summed E-state index contributed by atoms with van der Waals surface area (Å²) in [6.45, 7) is 3.31. The van der Waals surface area contributed by atoms with Crippen LogP contribution in [0, 0.1) is 13.8 Å². The van der Waals surface area contributed by atoms with Crippen LogP contribution in [-0.2, 0) is 9.59 Å². The molecule has 0 heterocycles. The highest BCUT2D eigenvalue weighted by atomic mass is 35.5. The molecule has 8 heteroatoms. The molecule has 26 heavy (non-hydrogen) atoms. The maximum Gasteiger partial charge on any atom is 0.258 e. The number of carbonyl (C=O) groups excluding carboxylic acids is 2. The lowest BCUT2D eigenvalue weighted by atomic mass is 10.1. The quantitative estimate of drug-likeness (QED) is 0.687. The van der Waals surface area contributed by atoms with Gasteiger partial charge in [0.05, 0.1) is 21.6 Å². The van der Waals surface area contributed by atoms with E-state index in [1.165, 1.54) is 12.1 Å². The van der Waals surface area contributed by atoms with Crippen molar-refractivity contribution >= 4 is 52.3 Å². The minimum Gasteiger partial charge on any atom is -0.482 e. The van der Waals surface area contributed by atoms with Gasteiger partial charge in [-0.3, -0.25) is 9.59 Å². The number of hydrogen-bond donors (Lipinski definition) is 2. The van der Waals surface area contributed by atoms with Gasteiger partial charge in [-0.2, -0.15) is 0 Å². The Balaban J connectivity index is 1.83. The van der Waals surface area contributed by atoms with Crippen LogP contribution < -0.4 is 15.4 Å². The summed E-state index contributed by atoms with van der Waals surface area (Å²) in [4.78, 5) is 23.9. The van der Waals surface area contributed by atoms with Crippen LogP contribution >= 0.6 is 34.8 Å². The topological polar surface area (TPSA) is 67.4 Å². The molecule has 0 saturated carbocycles. The third-order valence-electron chi connectivity index (χ3n) is 3.53. The standard InChI is InChI=1S/C18H17Cl3N2O3/c1-10-4-3-5-11(2)18(10)23-16(24)8-22-17(25)9-26-15-7-13(20)12(19)6-14(15)21/h3-7H,8-9H2,1-2H3,(H,22,25)(H,23,24). The van der Waals surface area contributed by atoms with E-state index in [0.29, 0.717) is 0 Å². The van der Waals surface area contributed by atoms with Gasteiger partial charge in [-0.05, 0) is 31.0 Å². The molecule has 0 atom stereocenters. The summed E-state index contributed by atoms with van der Waals surface area (Å²) in [6, 6.07) is 8.56. The first-order chi connectivity index (χ1) is 12.3. The molecule has 0 aliphatic rings. The molecular weight excluding hydrogens is 399 g/mol. The number of nitrogens with one attached hydrogen (secondary N) is 2. The van der Waals surface area contributed by atoms with Crippen molar-refractivity contribution in [3.05, 3.63) is 56.5 Å². The van der Waals surface area contributed by atoms with Crippen molar-refractivity contribution in [2.75, 3.05) is 18.5 Å². The van der Waals surface area contributed by atoms with Crippen molar-refractivity contribution < 1.29 is 14.3 Å². The minimum atomic E-state index is -0.469. The molecular formula is C18H17Cl3N2O3. The number of ether oxygens (including phenoxy) is 1. The van der Waals surface area contributed by atoms with Crippen LogP contribution in [-0.4, -0.2) is 25.0 Å². The number of halogens is 3. The van der Waals surface area contributed by atoms with Crippen LogP contribution in [0.4, 0.5) is 5.69 Å². The number of rotatable bonds is 6. The van der Waals surface area contributed by atoms with Crippen LogP contribution in [0.5, 0.6) is 5.75 Å². The Morgan fingerprint density at radius 1 is 0.962 bits per heavy atom. The Labute approximate surface area is 166 Å². The zero-order valence-corrected chi connectivity index (χ0v) is 16.4. The molecule has 138 valence electrons. The largest absolute Gasteiger partial charge is 0.482 e. The van der Waals surface area contributed by atoms with E-state index in [4.69, 9.17) is 39.5 Å². The van der Waals surface area contributed by atoms with Crippen molar-refractivity contribution in [3.63, 3.8) is 0 Å². The molecule has 0 unspecified atom stereocenters. The highest BCUT2D eigenvalue weighted by molar-refractivity contribution is 6.43. The van der Waals surface area contributed by atoms with Crippen LogP contribution in [0.2, 0.25) is 15.1 Å². The van der Waals surface area contributed by atoms with E-state index < -0.39 is 5.91 Å². The predicted molar refractivity (Wildman–Crippen MR) is 105 cm³/mol. The molecule has 2 amide bonds. The van der Waals surface area contributed by atoms with Gasteiger partial charge >= 0.3 is 0 Å². The molecule has 0 saturated heterocycles. The van der Waals surface area contributed by atoms with Crippen molar-refractivity contribution in [3.8, 4) is 5.75 Å². The molecule has 0 aliphatic heterocycles. The lowest BCUT2D eigenvalue weighted by molar-refractivity contribution is -0.125. The summed E-state index contributed by atoms with van der Waals surface area (Å²) in [7, 11) is 0. The van der Waals surface area contributed by atoms with Crippen LogP contribution in [0.1, 0.15) is 11.1 Å². The smallest absolute Gasteiger partial charge is 0.258 e. The zero-order chi connectivity index (χ0) is 19.3. The summed E-state index contributed by atoms with van der Waals surface area (Å²) in [6.07, 6.45) is 0. The minimum absolute atomic E-state index is 0.176. The number of amides is 2. The Kier molecular flexibility index (Phi) is 7.14. The summed E-state index contributed by atoms with van der Waals surface area (Å²) in [5.41, 5.74) is 2.63. The Hall–Kier alpha value is -1.95. The molecule has 2 aromatic rings. The molecule has 0 aromatic heterocycles. The Morgan fingerprint density at radius 2 is 1.58 bits per heavy atom. The van der Waals surface area contributed by atoms with Crippen LogP contribution in [0.25, 0.3) is 0 Å². The number of hydrogen-bond acceptors (Lipinski definition) is 3. The summed E-state index contributed by atoms with van der Waals surface area (Å²) < 4.78 is 5.30. The van der Waals surface area contributed by atoms with Gasteiger partial charge in [-0.15, -0.1) is 0 Å². The van der Waals surface area contributed by atoms with Gasteiger partial charge in [0.15, 0.2) is 6.61 Å². The van der Waals surface area contributed by atoms with E-state index in [1.54, 1.807) is 0 Å². The lowest BCUT2D eigenvalue weighted by Crippen LogP contribution is -2.36. The first-order valence-electron chi connectivity index (χ1n) is 7.68. The third-order valence-corrected chi connectivity index (χ3v) is 4.54. The number of anilines is 1. The number of para-hydroxylation sites is 1. The van der Waals surface area contributed by atoms with E-state index in [1.807, 2.05) is 32.0 Å². The highest BCUT2D eigenvalue weighted by Gasteiger charge is 2.11. The number of benzene rings is 2. The maximum absolute atomic E-state index is 12.0. The van der Waals surface area contributed by atoms with Gasteiger partial charge in [-0.1, -0.05) is 53.0 Å². The maximum atomic E-state index is 12.0. The van der Waals surface area contributed by atoms with Gasteiger partial charge in [0.1, 0.15) is 5.75 Å². The Bertz CT molecular complexity index is 820. The van der Waals surface area contributed by atoms with E-state index in [-0.39, 0.29) is 39.9 Å². The fraction of sp³-hybridized carbons (Fsp3) is 0.222. The van der Waals surface area contributed by atoms with E-state index in [2.05, 4.69) is 10.6 Å². The first-order valence-corrected chi connectivity index (χ1v) is 8.81. The predicted octanol–water partition coefficient (Wildman–Crippen LogP) is 4.40. The van der Waals surface area contributed by atoms with E-state index in [9.17, 15) is 9.59 Å². The fourth-order valence-electron chi connectivity index (χ4n) is 2.18. The van der Waals surface area contributed by atoms with Gasteiger partial charge in [-0.25, -0.2) is 0 Å². The zero-order valence-electron chi connectivity index (χ0n) is 14.2. The SMILES string of the molecule is Cc1cccc(C)c1NC(=O)CNC(=O)COc1cc(Cl)c(Cl)cc1Cl. The van der Waals surface area contributed by atoms with Crippen molar-refractivity contribution in [1.82, 2.24) is 5.32 Å². The van der Waals surface area contributed by atoms with Gasteiger partial charge in [0.25, 0.3) is 5.91 Å². The second kappa shape index (κ2) is 9.12. The van der Waals surface area contributed by atoms with Crippen molar-refractivity contribution in [2.45, 2.75) is 13.8 Å². The van der Waals surface area contributed by atoms with Gasteiger partial charge in [0.2, 0.25) is 5.91 Å². The second-order valence-corrected chi connectivity index (χ2v) is 6.80. The summed E-state index contributed by atoms with van der Waals surface area (Å²) >= 11 is 17.7. The molecule has 0 spiro atoms. The van der Waals surface area contributed by atoms with Gasteiger partial charge < -0.3 is 15.4 Å². The molecule has 0 fully saturated rings. The summed E-state index contributed by atoms with van der Waals surface area (Å²) in [5.74, 6) is -0.566. The normalized spacial score (nSPS) is 10.3. The number of aryl methyl sites for hydroxylation is 2. The molecule has 0 bridgehead atoms. The fourth-order valence-corrected chi connectivity index (χ4v) is 2.77. The molecule has 5 nitrogen and oxygen atoms in total. The first kappa shape index (κ1) is 20.4. The van der Waals surface area contributed by atoms with Crippen LogP contribution in [0.3, 0.4) is 0 Å². The van der Waals surface area contributed by atoms with Crippen molar-refractivity contribution in [2.24, 2.45) is 0 Å². The molecule has 2 rings (SSSR count). The van der Waals surface area contributed by atoms with Crippen LogP contribution in [0.15, 0.2) is 30.3 Å². The molecule has 0 aliphatic carbocycles. The van der Waals surface area contributed by atoms with E-state index >= 15 is 0 Å². The van der Waals surface area contributed by atoms with E-state index in [0.717, 1.165) is 16.8 Å². The monoisotopic (exact) mass is 414 g/mol. The van der Waals surface area contributed by atoms with Crippen molar-refractivity contribution in [1.29, 1.82) is 0 Å². The van der Waals surface area contributed by atoms with Gasteiger partial charge in [0, 0.05) is 11.8 Å². The average molecular weight is 416 g/mol. The molecule has 2 aromatic carbocycles.